The lowest BCUT2D eigenvalue weighted by Crippen LogP contribution is -2.26. The average Bonchev–Trinajstić information content (AvgIpc) is 1.86. The van der Waals surface area contributed by atoms with Gasteiger partial charge in [0.15, 0.2) is 0 Å². The topological polar surface area (TPSA) is 37.3 Å². The Hall–Kier alpha value is -0.180. The predicted octanol–water partition coefficient (Wildman–Crippen LogP) is 2.20. The van der Waals surface area contributed by atoms with Crippen LogP contribution in [0.4, 0.5) is 0 Å². The number of hydrogen-bond acceptors (Lipinski definition) is 2. The van der Waals surface area contributed by atoms with Crippen LogP contribution < -0.4 is 0 Å². The van der Waals surface area contributed by atoms with Crippen LogP contribution in [0.25, 0.3) is 0 Å². The Balaban J connectivity index is 4.01. The van der Waals surface area contributed by atoms with Crippen LogP contribution in [-0.4, -0.2) is 16.3 Å². The molecule has 0 aliphatic heterocycles. The summed E-state index contributed by atoms with van der Waals surface area (Å²) in [6, 6.07) is 0. The van der Waals surface area contributed by atoms with Crippen molar-refractivity contribution in [3.8, 4) is 0 Å². The molecular formula is C8H16O2S. The van der Waals surface area contributed by atoms with Crippen molar-refractivity contribution >= 4 is 18.6 Å². The molecule has 0 saturated heterocycles. The highest BCUT2D eigenvalue weighted by molar-refractivity contribution is 7.80. The number of carboxylic acid groups (broad SMARTS) is 1. The molecule has 0 spiro atoms. The lowest BCUT2D eigenvalue weighted by molar-refractivity contribution is -0.147. The molecule has 0 amide bonds. The normalized spacial score (nSPS) is 14.5. The van der Waals surface area contributed by atoms with Gasteiger partial charge in [-0.2, -0.15) is 12.6 Å². The second kappa shape index (κ2) is 4.00. The van der Waals surface area contributed by atoms with Crippen LogP contribution in [0.3, 0.4) is 0 Å². The summed E-state index contributed by atoms with van der Waals surface area (Å²) in [6.07, 6.45) is 1.54. The van der Waals surface area contributed by atoms with Crippen LogP contribution in [0.5, 0.6) is 0 Å². The van der Waals surface area contributed by atoms with Crippen LogP contribution in [0.15, 0.2) is 0 Å². The first kappa shape index (κ1) is 10.8. The average molecular weight is 176 g/mol. The number of rotatable bonds is 4. The molecule has 0 aromatic heterocycles. The molecular weight excluding hydrogens is 160 g/mol. The molecule has 0 saturated carbocycles. The molecule has 0 bridgehead atoms. The molecule has 1 unspecified atom stereocenters. The van der Waals surface area contributed by atoms with Crippen LogP contribution in [0, 0.1) is 5.41 Å². The zero-order chi connectivity index (χ0) is 9.07. The fourth-order valence-corrected chi connectivity index (χ4v) is 1.28. The van der Waals surface area contributed by atoms with Gasteiger partial charge in [-0.25, -0.2) is 0 Å². The maximum absolute atomic E-state index is 10.6. The first-order valence-electron chi connectivity index (χ1n) is 3.81. The monoisotopic (exact) mass is 176 g/mol. The van der Waals surface area contributed by atoms with Crippen molar-refractivity contribution in [1.82, 2.24) is 0 Å². The Bertz CT molecular complexity index is 143. The summed E-state index contributed by atoms with van der Waals surface area (Å²) in [4.78, 5) is 10.6. The second-order valence-corrected chi connectivity index (χ2v) is 4.19. The summed E-state index contributed by atoms with van der Waals surface area (Å²) < 4.78 is 0. The van der Waals surface area contributed by atoms with E-state index in [1.54, 1.807) is 13.8 Å². The molecule has 0 heterocycles. The minimum Gasteiger partial charge on any atom is -0.481 e. The summed E-state index contributed by atoms with van der Waals surface area (Å²) in [6.45, 7) is 5.47. The molecule has 1 atom stereocenters. The van der Waals surface area contributed by atoms with E-state index in [4.69, 9.17) is 5.11 Å². The molecule has 0 aliphatic carbocycles. The Kier molecular flexibility index (Phi) is 3.93. The van der Waals surface area contributed by atoms with Gasteiger partial charge in [-0.15, -0.1) is 0 Å². The second-order valence-electron chi connectivity index (χ2n) is 3.46. The summed E-state index contributed by atoms with van der Waals surface area (Å²) in [5.41, 5.74) is -0.636. The van der Waals surface area contributed by atoms with Gasteiger partial charge in [-0.1, -0.05) is 6.92 Å². The van der Waals surface area contributed by atoms with Crippen molar-refractivity contribution in [3.05, 3.63) is 0 Å². The van der Waals surface area contributed by atoms with Crippen LogP contribution in [0.1, 0.15) is 33.6 Å². The van der Waals surface area contributed by atoms with Gasteiger partial charge in [0, 0.05) is 5.25 Å². The summed E-state index contributed by atoms with van der Waals surface area (Å²) in [7, 11) is 0. The van der Waals surface area contributed by atoms with Crippen molar-refractivity contribution in [2.24, 2.45) is 5.41 Å². The molecule has 0 aromatic rings. The van der Waals surface area contributed by atoms with E-state index >= 15 is 0 Å². The first-order chi connectivity index (χ1) is 4.90. The Morgan fingerprint density at radius 2 is 2.09 bits per heavy atom. The minimum absolute atomic E-state index is 0.195. The molecule has 0 aliphatic rings. The summed E-state index contributed by atoms with van der Waals surface area (Å²) in [5, 5.41) is 8.95. The molecule has 0 fully saturated rings. The van der Waals surface area contributed by atoms with Crippen molar-refractivity contribution in [2.75, 3.05) is 0 Å². The Morgan fingerprint density at radius 1 is 1.64 bits per heavy atom. The largest absolute Gasteiger partial charge is 0.481 e. The molecule has 0 radical (unpaired) electrons. The van der Waals surface area contributed by atoms with Gasteiger partial charge in [0.1, 0.15) is 0 Å². The third-order valence-corrected chi connectivity index (χ3v) is 2.34. The van der Waals surface area contributed by atoms with E-state index in [9.17, 15) is 4.79 Å². The predicted molar refractivity (Wildman–Crippen MR) is 49.1 cm³/mol. The Morgan fingerprint density at radius 3 is 2.36 bits per heavy atom. The first-order valence-corrected chi connectivity index (χ1v) is 4.33. The van der Waals surface area contributed by atoms with E-state index in [1.165, 1.54) is 0 Å². The maximum Gasteiger partial charge on any atom is 0.309 e. The number of carboxylic acids is 1. The zero-order valence-corrected chi connectivity index (χ0v) is 8.19. The maximum atomic E-state index is 10.6. The number of carbonyl (C=O) groups is 1. The highest BCUT2D eigenvalue weighted by Crippen LogP contribution is 2.25. The van der Waals surface area contributed by atoms with E-state index in [0.717, 1.165) is 6.42 Å². The fourth-order valence-electron chi connectivity index (χ4n) is 0.821. The molecule has 11 heavy (non-hydrogen) atoms. The van der Waals surface area contributed by atoms with Gasteiger partial charge in [-0.05, 0) is 26.7 Å². The molecule has 1 N–H and O–H groups in total. The van der Waals surface area contributed by atoms with Gasteiger partial charge in [-0.3, -0.25) is 4.79 Å². The van der Waals surface area contributed by atoms with Crippen molar-refractivity contribution in [2.45, 2.75) is 38.9 Å². The van der Waals surface area contributed by atoms with Gasteiger partial charge in [0.25, 0.3) is 0 Å². The molecule has 66 valence electrons. The van der Waals surface area contributed by atoms with Gasteiger partial charge >= 0.3 is 5.97 Å². The molecule has 0 aromatic carbocycles. The van der Waals surface area contributed by atoms with Crippen LogP contribution in [0.2, 0.25) is 0 Å². The van der Waals surface area contributed by atoms with E-state index in [1.807, 2.05) is 6.92 Å². The van der Waals surface area contributed by atoms with Gasteiger partial charge in [0.2, 0.25) is 0 Å². The third-order valence-electron chi connectivity index (χ3n) is 1.80. The standard InChI is InChI=1S/C8H16O2S/c1-4-6(11)5-8(2,3)7(9)10/h6,11H,4-5H2,1-3H3,(H,9,10). The molecule has 0 rings (SSSR count). The van der Waals surface area contributed by atoms with Crippen molar-refractivity contribution in [1.29, 1.82) is 0 Å². The van der Waals surface area contributed by atoms with Crippen LogP contribution >= 0.6 is 12.6 Å². The third kappa shape index (κ3) is 3.65. The lowest BCUT2D eigenvalue weighted by atomic mass is 9.87. The minimum atomic E-state index is -0.745. The lowest BCUT2D eigenvalue weighted by Gasteiger charge is -2.21. The molecule has 3 heteroatoms. The zero-order valence-electron chi connectivity index (χ0n) is 7.29. The SMILES string of the molecule is CCC(S)CC(C)(C)C(=O)O. The van der Waals surface area contributed by atoms with Crippen molar-refractivity contribution < 1.29 is 9.90 Å². The van der Waals surface area contributed by atoms with E-state index in [0.29, 0.717) is 6.42 Å². The number of hydrogen-bond donors (Lipinski definition) is 2. The fraction of sp³-hybridized carbons (Fsp3) is 0.875. The summed E-state index contributed by atoms with van der Waals surface area (Å²) in [5.74, 6) is -0.745. The highest BCUT2D eigenvalue weighted by Gasteiger charge is 2.28. The van der Waals surface area contributed by atoms with Crippen molar-refractivity contribution in [3.63, 3.8) is 0 Å². The van der Waals surface area contributed by atoms with E-state index in [2.05, 4.69) is 12.6 Å². The summed E-state index contributed by atoms with van der Waals surface area (Å²) >= 11 is 4.25. The number of aliphatic carboxylic acids is 1. The molecule has 2 nitrogen and oxygen atoms in total. The van der Waals surface area contributed by atoms with Gasteiger partial charge in [0.05, 0.1) is 5.41 Å². The quantitative estimate of drug-likeness (QED) is 0.644. The van der Waals surface area contributed by atoms with E-state index < -0.39 is 11.4 Å². The van der Waals surface area contributed by atoms with Crippen LogP contribution in [-0.2, 0) is 4.79 Å². The van der Waals surface area contributed by atoms with Gasteiger partial charge < -0.3 is 5.11 Å². The smallest absolute Gasteiger partial charge is 0.309 e. The number of thiol groups is 1. The Labute approximate surface area is 73.4 Å². The van der Waals surface area contributed by atoms with E-state index in [-0.39, 0.29) is 5.25 Å². The highest BCUT2D eigenvalue weighted by atomic mass is 32.1.